The number of sulfone groups is 1. The van der Waals surface area contributed by atoms with Crippen LogP contribution >= 0.6 is 0 Å². The normalized spacial score (nSPS) is 12.1. The Hall–Kier alpha value is -3.52. The van der Waals surface area contributed by atoms with Gasteiger partial charge in [-0.3, -0.25) is 9.78 Å². The first-order valence-electron chi connectivity index (χ1n) is 9.41. The van der Waals surface area contributed by atoms with Crippen molar-refractivity contribution in [1.29, 1.82) is 0 Å². The summed E-state index contributed by atoms with van der Waals surface area (Å²) in [6.07, 6.45) is 4.84. The number of aromatic nitrogens is 5. The van der Waals surface area contributed by atoms with Gasteiger partial charge in [-0.05, 0) is 28.8 Å². The second-order valence-corrected chi connectivity index (χ2v) is 9.61. The first-order valence-corrected chi connectivity index (χ1v) is 11.5. The lowest BCUT2D eigenvalue weighted by Gasteiger charge is -2.10. The monoisotopic (exact) mass is 417 g/mol. The Kier molecular flexibility index (Phi) is 4.18. The maximum atomic E-state index is 11.8. The number of H-pyrrole nitrogens is 1. The van der Waals surface area contributed by atoms with E-state index >= 15 is 0 Å². The van der Waals surface area contributed by atoms with Gasteiger partial charge in [0.25, 0.3) is 0 Å². The molecule has 30 heavy (non-hydrogen) atoms. The van der Waals surface area contributed by atoms with E-state index in [4.69, 9.17) is 4.98 Å². The van der Waals surface area contributed by atoms with Crippen LogP contribution < -0.4 is 0 Å². The van der Waals surface area contributed by atoms with Crippen LogP contribution in [0.4, 0.5) is 0 Å². The van der Waals surface area contributed by atoms with E-state index < -0.39 is 9.84 Å². The summed E-state index contributed by atoms with van der Waals surface area (Å²) in [5.41, 5.74) is 6.12. The second-order valence-electron chi connectivity index (χ2n) is 7.47. The minimum atomic E-state index is -3.12. The molecule has 0 aliphatic carbocycles. The summed E-state index contributed by atoms with van der Waals surface area (Å²) in [6.45, 7) is 0. The van der Waals surface area contributed by atoms with E-state index in [1.165, 1.54) is 6.26 Å². The SMILES string of the molecule is Cn1ncc2c(-c3cccc(CS(C)(=O)=O)c3)cc(-c3cccc4[nH]ncc34)nc21. The van der Waals surface area contributed by atoms with Crippen molar-refractivity contribution in [2.75, 3.05) is 6.26 Å². The van der Waals surface area contributed by atoms with Gasteiger partial charge in [0.05, 0.1) is 29.4 Å². The summed E-state index contributed by atoms with van der Waals surface area (Å²) in [4.78, 5) is 4.87. The summed E-state index contributed by atoms with van der Waals surface area (Å²) in [6, 6.07) is 15.6. The number of nitrogens with one attached hydrogen (secondary N) is 1. The van der Waals surface area contributed by atoms with Gasteiger partial charge in [0, 0.05) is 29.6 Å². The van der Waals surface area contributed by atoms with Crippen LogP contribution in [0.2, 0.25) is 0 Å². The minimum absolute atomic E-state index is 0.00326. The van der Waals surface area contributed by atoms with Crippen molar-refractivity contribution >= 4 is 31.8 Å². The predicted molar refractivity (Wildman–Crippen MR) is 118 cm³/mol. The number of aryl methyl sites for hydroxylation is 1. The van der Waals surface area contributed by atoms with Crippen molar-refractivity contribution in [3.63, 3.8) is 0 Å². The van der Waals surface area contributed by atoms with E-state index in [9.17, 15) is 8.42 Å². The summed E-state index contributed by atoms with van der Waals surface area (Å²) in [5.74, 6) is 0.00326. The highest BCUT2D eigenvalue weighted by atomic mass is 32.2. The number of hydrogen-bond acceptors (Lipinski definition) is 5. The molecule has 5 rings (SSSR count). The van der Waals surface area contributed by atoms with Gasteiger partial charge in [-0.1, -0.05) is 36.4 Å². The van der Waals surface area contributed by atoms with Crippen molar-refractivity contribution in [3.05, 3.63) is 66.5 Å². The zero-order valence-electron chi connectivity index (χ0n) is 16.5. The van der Waals surface area contributed by atoms with E-state index in [1.54, 1.807) is 17.1 Å². The maximum Gasteiger partial charge on any atom is 0.158 e. The third-order valence-electron chi connectivity index (χ3n) is 5.13. The molecule has 0 aliphatic heterocycles. The topological polar surface area (TPSA) is 93.5 Å². The molecule has 0 fully saturated rings. The number of benzene rings is 2. The highest BCUT2D eigenvalue weighted by Gasteiger charge is 2.15. The van der Waals surface area contributed by atoms with Crippen molar-refractivity contribution < 1.29 is 8.42 Å². The molecule has 0 unspecified atom stereocenters. The highest BCUT2D eigenvalue weighted by Crippen LogP contribution is 2.34. The van der Waals surface area contributed by atoms with E-state index in [0.717, 1.165) is 49.9 Å². The maximum absolute atomic E-state index is 11.8. The third-order valence-corrected chi connectivity index (χ3v) is 5.99. The molecule has 2 aromatic carbocycles. The summed E-state index contributed by atoms with van der Waals surface area (Å²) in [7, 11) is -1.26. The van der Waals surface area contributed by atoms with Crippen molar-refractivity contribution in [2.24, 2.45) is 7.05 Å². The van der Waals surface area contributed by atoms with E-state index in [-0.39, 0.29) is 5.75 Å². The number of nitrogens with zero attached hydrogens (tertiary/aromatic N) is 4. The van der Waals surface area contributed by atoms with Crippen molar-refractivity contribution in [3.8, 4) is 22.4 Å². The fourth-order valence-electron chi connectivity index (χ4n) is 3.81. The average molecular weight is 417 g/mol. The highest BCUT2D eigenvalue weighted by molar-refractivity contribution is 7.89. The summed E-state index contributed by atoms with van der Waals surface area (Å²) >= 11 is 0. The smallest absolute Gasteiger partial charge is 0.158 e. The molecule has 0 radical (unpaired) electrons. The molecule has 3 heterocycles. The number of rotatable bonds is 4. The number of aromatic amines is 1. The first-order chi connectivity index (χ1) is 14.4. The molecule has 0 spiro atoms. The third kappa shape index (κ3) is 3.25. The van der Waals surface area contributed by atoms with Crippen LogP contribution in [0.1, 0.15) is 5.56 Å². The van der Waals surface area contributed by atoms with E-state index in [1.807, 2.05) is 55.6 Å². The lowest BCUT2D eigenvalue weighted by Crippen LogP contribution is -2.00. The lowest BCUT2D eigenvalue weighted by molar-refractivity contribution is 0.601. The van der Waals surface area contributed by atoms with E-state index in [2.05, 4.69) is 15.3 Å². The molecule has 0 atom stereocenters. The van der Waals surface area contributed by atoms with Crippen LogP contribution in [-0.2, 0) is 22.6 Å². The molecule has 8 heteroatoms. The van der Waals surface area contributed by atoms with Crippen LogP contribution in [0.25, 0.3) is 44.3 Å². The van der Waals surface area contributed by atoms with Gasteiger partial charge in [-0.2, -0.15) is 10.2 Å². The van der Waals surface area contributed by atoms with Crippen molar-refractivity contribution in [2.45, 2.75) is 5.75 Å². The molecule has 0 saturated carbocycles. The van der Waals surface area contributed by atoms with Crippen LogP contribution in [0.5, 0.6) is 0 Å². The molecule has 1 N–H and O–H groups in total. The van der Waals surface area contributed by atoms with Crippen molar-refractivity contribution in [1.82, 2.24) is 25.0 Å². The van der Waals surface area contributed by atoms with Gasteiger partial charge < -0.3 is 0 Å². The fraction of sp³-hybridized carbons (Fsp3) is 0.136. The largest absolute Gasteiger partial charge is 0.278 e. The molecule has 0 aliphatic rings. The van der Waals surface area contributed by atoms with Crippen LogP contribution in [-0.4, -0.2) is 39.6 Å². The molecular weight excluding hydrogens is 398 g/mol. The fourth-order valence-corrected chi connectivity index (χ4v) is 4.60. The van der Waals surface area contributed by atoms with Gasteiger partial charge in [0.2, 0.25) is 0 Å². The minimum Gasteiger partial charge on any atom is -0.278 e. The van der Waals surface area contributed by atoms with Gasteiger partial charge >= 0.3 is 0 Å². The molecule has 3 aromatic heterocycles. The summed E-state index contributed by atoms with van der Waals surface area (Å²) in [5, 5.41) is 13.4. The molecule has 5 aromatic rings. The van der Waals surface area contributed by atoms with Gasteiger partial charge in [0.15, 0.2) is 15.5 Å². The van der Waals surface area contributed by atoms with Gasteiger partial charge in [-0.15, -0.1) is 0 Å². The Bertz CT molecular complexity index is 1520. The molecule has 0 amide bonds. The Morgan fingerprint density at radius 2 is 1.83 bits per heavy atom. The average Bonchev–Trinajstić information content (AvgIpc) is 3.33. The predicted octanol–water partition coefficient (Wildman–Crippen LogP) is 3.72. The Labute approximate surface area is 173 Å². The van der Waals surface area contributed by atoms with Gasteiger partial charge in [-0.25, -0.2) is 13.4 Å². The zero-order valence-corrected chi connectivity index (χ0v) is 17.3. The quantitative estimate of drug-likeness (QED) is 0.481. The molecule has 7 nitrogen and oxygen atoms in total. The number of pyridine rings is 1. The second kappa shape index (κ2) is 6.77. The molecular formula is C22H19N5O2S. The molecule has 0 bridgehead atoms. The first kappa shape index (κ1) is 18.5. The number of fused-ring (bicyclic) bond motifs is 2. The number of hydrogen-bond donors (Lipinski definition) is 1. The molecule has 150 valence electrons. The lowest BCUT2D eigenvalue weighted by atomic mass is 9.98. The van der Waals surface area contributed by atoms with Crippen LogP contribution in [0.3, 0.4) is 0 Å². The Balaban J connectivity index is 1.75. The zero-order chi connectivity index (χ0) is 20.9. The van der Waals surface area contributed by atoms with E-state index in [0.29, 0.717) is 0 Å². The summed E-state index contributed by atoms with van der Waals surface area (Å²) < 4.78 is 25.3. The standard InChI is InChI=1S/C22H19N5O2S/c1-27-22-19(12-24-27)17(15-6-3-5-14(9-15)13-30(2,28)29)10-21(25-22)16-7-4-8-20-18(16)11-23-26-20/h3-12H,13H2,1-2H3,(H,23,26). The Morgan fingerprint density at radius 3 is 2.67 bits per heavy atom. The van der Waals surface area contributed by atoms with Gasteiger partial charge in [0.1, 0.15) is 0 Å². The Morgan fingerprint density at radius 1 is 1.00 bits per heavy atom. The molecule has 0 saturated heterocycles. The van der Waals surface area contributed by atoms with Crippen LogP contribution in [0, 0.1) is 0 Å². The van der Waals surface area contributed by atoms with Crippen LogP contribution in [0.15, 0.2) is 60.9 Å².